The zero-order valence-electron chi connectivity index (χ0n) is 12.5. The zero-order chi connectivity index (χ0) is 15.3. The second-order valence-electron chi connectivity index (χ2n) is 4.78. The average Bonchev–Trinajstić information content (AvgIpc) is 3.31. The van der Waals surface area contributed by atoms with Crippen molar-refractivity contribution in [2.45, 2.75) is 32.1 Å². The third-order valence-electron chi connectivity index (χ3n) is 3.28. The van der Waals surface area contributed by atoms with Gasteiger partial charge in [-0.05, 0) is 49.4 Å². The van der Waals surface area contributed by atoms with E-state index in [0.29, 0.717) is 5.92 Å². The van der Waals surface area contributed by atoms with E-state index in [2.05, 4.69) is 18.7 Å². The van der Waals surface area contributed by atoms with E-state index in [9.17, 15) is 4.79 Å². The maximum Gasteiger partial charge on any atom is 0.352 e. The standard InChI is InChI=1S/C13H20N4O.CH5N/c1-3-9-4-7-12(11(8-9)10-5-6-10)17(15)13(18)16(2)14;1-2/h4,7-8,10H,3,5-6,14-15H2,1-2H3;2H2,1H3. The van der Waals surface area contributed by atoms with Gasteiger partial charge in [0.1, 0.15) is 0 Å². The maximum absolute atomic E-state index is 11.8. The van der Waals surface area contributed by atoms with Crippen molar-refractivity contribution in [2.75, 3.05) is 19.1 Å². The van der Waals surface area contributed by atoms with Crippen LogP contribution in [0.2, 0.25) is 0 Å². The van der Waals surface area contributed by atoms with Crippen LogP contribution in [0.15, 0.2) is 18.2 Å². The van der Waals surface area contributed by atoms with Crippen molar-refractivity contribution in [2.24, 2.45) is 17.4 Å². The van der Waals surface area contributed by atoms with Gasteiger partial charge in [0.05, 0.1) is 5.69 Å². The fourth-order valence-electron chi connectivity index (χ4n) is 2.04. The van der Waals surface area contributed by atoms with Crippen LogP contribution in [-0.4, -0.2) is 25.1 Å². The van der Waals surface area contributed by atoms with Crippen molar-refractivity contribution in [1.29, 1.82) is 0 Å². The van der Waals surface area contributed by atoms with Gasteiger partial charge < -0.3 is 5.73 Å². The molecule has 1 saturated carbocycles. The van der Waals surface area contributed by atoms with Crippen molar-refractivity contribution >= 4 is 11.7 Å². The lowest BCUT2D eigenvalue weighted by atomic mass is 10.0. The largest absolute Gasteiger partial charge is 0.352 e. The van der Waals surface area contributed by atoms with Crippen molar-refractivity contribution in [1.82, 2.24) is 5.01 Å². The second-order valence-corrected chi connectivity index (χ2v) is 4.78. The highest BCUT2D eigenvalue weighted by Crippen LogP contribution is 2.44. The van der Waals surface area contributed by atoms with E-state index in [0.717, 1.165) is 27.7 Å². The minimum atomic E-state index is -0.416. The lowest BCUT2D eigenvalue weighted by Gasteiger charge is -2.23. The summed E-state index contributed by atoms with van der Waals surface area (Å²) >= 11 is 0. The Bertz CT molecular complexity index is 457. The van der Waals surface area contributed by atoms with Crippen LogP contribution in [0.1, 0.15) is 36.8 Å². The molecule has 1 aromatic rings. The molecular formula is C14H25N5O. The number of urea groups is 1. The fraction of sp³-hybridized carbons (Fsp3) is 0.500. The summed E-state index contributed by atoms with van der Waals surface area (Å²) in [4.78, 5) is 11.8. The number of nitrogens with two attached hydrogens (primary N) is 3. The highest BCUT2D eigenvalue weighted by Gasteiger charge is 2.29. The molecule has 6 N–H and O–H groups in total. The van der Waals surface area contributed by atoms with Gasteiger partial charge in [-0.3, -0.25) is 5.01 Å². The Hall–Kier alpha value is -1.63. The summed E-state index contributed by atoms with van der Waals surface area (Å²) in [5.41, 5.74) is 7.69. The molecule has 1 aliphatic carbocycles. The van der Waals surface area contributed by atoms with E-state index in [1.807, 2.05) is 12.1 Å². The average molecular weight is 279 g/mol. The molecule has 0 aliphatic heterocycles. The van der Waals surface area contributed by atoms with E-state index < -0.39 is 6.03 Å². The molecule has 6 heteroatoms. The first-order chi connectivity index (χ1) is 9.54. The molecule has 0 atom stereocenters. The Morgan fingerprint density at radius 1 is 1.30 bits per heavy atom. The molecule has 1 fully saturated rings. The number of anilines is 1. The molecule has 2 rings (SSSR count). The minimum absolute atomic E-state index is 0.416. The second kappa shape index (κ2) is 7.23. The monoisotopic (exact) mass is 279 g/mol. The molecule has 0 saturated heterocycles. The smallest absolute Gasteiger partial charge is 0.333 e. The van der Waals surface area contributed by atoms with Gasteiger partial charge >= 0.3 is 6.03 Å². The molecular weight excluding hydrogens is 254 g/mol. The van der Waals surface area contributed by atoms with Gasteiger partial charge in [-0.15, -0.1) is 0 Å². The van der Waals surface area contributed by atoms with Gasteiger partial charge in [-0.25, -0.2) is 21.5 Å². The topological polar surface area (TPSA) is 102 Å². The van der Waals surface area contributed by atoms with Gasteiger partial charge in [-0.2, -0.15) is 0 Å². The lowest BCUT2D eigenvalue weighted by Crippen LogP contribution is -2.48. The molecule has 112 valence electrons. The van der Waals surface area contributed by atoms with E-state index >= 15 is 0 Å². The molecule has 0 aromatic heterocycles. The third kappa shape index (κ3) is 3.69. The summed E-state index contributed by atoms with van der Waals surface area (Å²) in [5.74, 6) is 11.8. The van der Waals surface area contributed by atoms with Crippen LogP contribution >= 0.6 is 0 Å². The number of carbonyl (C=O) groups excluding carboxylic acids is 1. The molecule has 1 aromatic carbocycles. The Balaban J connectivity index is 0.000000956. The number of hydrazine groups is 2. The quantitative estimate of drug-likeness (QED) is 0.441. The van der Waals surface area contributed by atoms with Crippen LogP contribution in [0.25, 0.3) is 0 Å². The Morgan fingerprint density at radius 2 is 1.90 bits per heavy atom. The van der Waals surface area contributed by atoms with E-state index in [1.54, 1.807) is 0 Å². The third-order valence-corrected chi connectivity index (χ3v) is 3.28. The summed E-state index contributed by atoms with van der Waals surface area (Å²) in [7, 11) is 2.99. The highest BCUT2D eigenvalue weighted by atomic mass is 16.2. The molecule has 0 spiro atoms. The lowest BCUT2D eigenvalue weighted by molar-refractivity contribution is 0.216. The number of hydrogen-bond donors (Lipinski definition) is 3. The number of amides is 2. The van der Waals surface area contributed by atoms with Crippen LogP contribution < -0.4 is 22.4 Å². The molecule has 0 radical (unpaired) electrons. The fourth-order valence-corrected chi connectivity index (χ4v) is 2.04. The molecule has 0 bridgehead atoms. The van der Waals surface area contributed by atoms with E-state index in [-0.39, 0.29) is 0 Å². The number of rotatable bonds is 3. The van der Waals surface area contributed by atoms with Gasteiger partial charge in [0, 0.05) is 7.05 Å². The minimum Gasteiger partial charge on any atom is -0.333 e. The first-order valence-corrected chi connectivity index (χ1v) is 6.82. The first kappa shape index (κ1) is 16.4. The molecule has 1 aliphatic rings. The van der Waals surface area contributed by atoms with Gasteiger partial charge in [-0.1, -0.05) is 19.1 Å². The molecule has 6 nitrogen and oxygen atoms in total. The van der Waals surface area contributed by atoms with Crippen molar-refractivity contribution in [3.05, 3.63) is 29.3 Å². The van der Waals surface area contributed by atoms with Crippen molar-refractivity contribution in [3.8, 4) is 0 Å². The Labute approximate surface area is 120 Å². The Kier molecular flexibility index (Phi) is 5.94. The summed E-state index contributed by atoms with van der Waals surface area (Å²) in [5, 5.41) is 2.12. The van der Waals surface area contributed by atoms with Crippen LogP contribution in [0, 0.1) is 0 Å². The summed E-state index contributed by atoms with van der Waals surface area (Å²) < 4.78 is 0. The van der Waals surface area contributed by atoms with Crippen molar-refractivity contribution < 1.29 is 4.79 Å². The number of benzene rings is 1. The van der Waals surface area contributed by atoms with Gasteiger partial charge in [0.15, 0.2) is 0 Å². The Morgan fingerprint density at radius 3 is 2.35 bits per heavy atom. The van der Waals surface area contributed by atoms with Gasteiger partial charge in [0.25, 0.3) is 0 Å². The van der Waals surface area contributed by atoms with E-state index in [4.69, 9.17) is 11.7 Å². The van der Waals surface area contributed by atoms with Crippen LogP contribution in [-0.2, 0) is 6.42 Å². The van der Waals surface area contributed by atoms with Crippen molar-refractivity contribution in [3.63, 3.8) is 0 Å². The van der Waals surface area contributed by atoms with Gasteiger partial charge in [0.2, 0.25) is 0 Å². The maximum atomic E-state index is 11.8. The number of aryl methyl sites for hydroxylation is 1. The SMILES string of the molecule is CCc1ccc(N(N)C(=O)N(C)N)c(C2CC2)c1.CN. The normalized spacial score (nSPS) is 13.3. The number of hydrogen-bond acceptors (Lipinski definition) is 4. The first-order valence-electron chi connectivity index (χ1n) is 6.82. The summed E-state index contributed by atoms with van der Waals surface area (Å²) in [6, 6.07) is 5.65. The summed E-state index contributed by atoms with van der Waals surface area (Å²) in [6.07, 6.45) is 3.32. The molecule has 0 unspecified atom stereocenters. The highest BCUT2D eigenvalue weighted by molar-refractivity contribution is 5.91. The predicted molar refractivity (Wildman–Crippen MR) is 81.9 cm³/mol. The van der Waals surface area contributed by atoms with Crippen LogP contribution in [0.3, 0.4) is 0 Å². The molecule has 2 amide bonds. The zero-order valence-corrected chi connectivity index (χ0v) is 12.5. The molecule has 0 heterocycles. The number of nitrogens with zero attached hydrogens (tertiary/aromatic N) is 2. The molecule has 20 heavy (non-hydrogen) atoms. The van der Waals surface area contributed by atoms with Crippen LogP contribution in [0.4, 0.5) is 10.5 Å². The number of carbonyl (C=O) groups is 1. The van der Waals surface area contributed by atoms with Crippen LogP contribution in [0.5, 0.6) is 0 Å². The predicted octanol–water partition coefficient (Wildman–Crippen LogP) is 1.31. The summed E-state index contributed by atoms with van der Waals surface area (Å²) in [6.45, 7) is 2.12. The van der Waals surface area contributed by atoms with E-state index in [1.165, 1.54) is 32.5 Å².